The largest absolute Gasteiger partial charge is 0.333 e. The minimum absolute atomic E-state index is 0.104. The molecule has 112 valence electrons. The second kappa shape index (κ2) is 5.42. The first kappa shape index (κ1) is 14.5. The van der Waals surface area contributed by atoms with E-state index in [0.717, 1.165) is 11.4 Å². The van der Waals surface area contributed by atoms with E-state index in [2.05, 4.69) is 4.98 Å². The number of benzene rings is 1. The first-order valence-corrected chi connectivity index (χ1v) is 8.33. The third-order valence-electron chi connectivity index (χ3n) is 3.56. The lowest BCUT2D eigenvalue weighted by Crippen LogP contribution is -2.38. The third-order valence-corrected chi connectivity index (χ3v) is 5.89. The van der Waals surface area contributed by atoms with Crippen LogP contribution >= 0.6 is 11.6 Å². The van der Waals surface area contributed by atoms with E-state index in [0.29, 0.717) is 13.1 Å². The van der Waals surface area contributed by atoms with E-state index in [9.17, 15) is 8.42 Å². The fourth-order valence-corrected chi connectivity index (χ4v) is 4.28. The van der Waals surface area contributed by atoms with Crippen molar-refractivity contribution in [2.24, 2.45) is 5.73 Å². The Bertz CT molecular complexity index is 772. The van der Waals surface area contributed by atoms with Gasteiger partial charge >= 0.3 is 0 Å². The molecule has 3 rings (SSSR count). The Morgan fingerprint density at radius 1 is 1.33 bits per heavy atom. The summed E-state index contributed by atoms with van der Waals surface area (Å²) in [6.07, 6.45) is 3.52. The molecule has 1 aromatic carbocycles. The number of hydrogen-bond acceptors (Lipinski definition) is 4. The van der Waals surface area contributed by atoms with Crippen molar-refractivity contribution in [2.45, 2.75) is 24.5 Å². The van der Waals surface area contributed by atoms with Gasteiger partial charge in [-0.05, 0) is 17.7 Å². The maximum atomic E-state index is 12.8. The number of fused-ring (bicyclic) bond motifs is 1. The summed E-state index contributed by atoms with van der Waals surface area (Å²) in [6.45, 7) is 1.50. The van der Waals surface area contributed by atoms with Crippen LogP contribution in [0.4, 0.5) is 0 Å². The summed E-state index contributed by atoms with van der Waals surface area (Å²) in [4.78, 5) is 4.28. The normalized spacial score (nSPS) is 15.9. The first-order valence-electron chi connectivity index (χ1n) is 6.51. The summed E-state index contributed by atoms with van der Waals surface area (Å²) in [6, 6.07) is 4.84. The summed E-state index contributed by atoms with van der Waals surface area (Å²) in [5.41, 5.74) is 6.31. The maximum Gasteiger partial charge on any atom is 0.245 e. The van der Waals surface area contributed by atoms with Gasteiger partial charge in [-0.3, -0.25) is 0 Å². The topological polar surface area (TPSA) is 81.2 Å². The molecule has 8 heteroatoms. The summed E-state index contributed by atoms with van der Waals surface area (Å²) in [5, 5.41) is 0.209. The molecular formula is C13H15ClN4O2S. The lowest BCUT2D eigenvalue weighted by molar-refractivity contribution is 0.335. The zero-order chi connectivity index (χ0) is 15.0. The molecule has 0 bridgehead atoms. The van der Waals surface area contributed by atoms with Crippen molar-refractivity contribution in [1.82, 2.24) is 13.9 Å². The van der Waals surface area contributed by atoms with Crippen LogP contribution in [-0.4, -0.2) is 28.8 Å². The van der Waals surface area contributed by atoms with Crippen LogP contribution in [0.3, 0.4) is 0 Å². The zero-order valence-corrected chi connectivity index (χ0v) is 12.8. The van der Waals surface area contributed by atoms with Crippen LogP contribution < -0.4 is 5.73 Å². The number of nitrogens with two attached hydrogens (primary N) is 1. The van der Waals surface area contributed by atoms with Gasteiger partial charge in [-0.25, -0.2) is 13.4 Å². The van der Waals surface area contributed by atoms with Crippen LogP contribution in [0.2, 0.25) is 5.02 Å². The predicted octanol–water partition coefficient (Wildman–Crippen LogP) is 1.20. The van der Waals surface area contributed by atoms with Crippen LogP contribution in [0.15, 0.2) is 35.5 Å². The van der Waals surface area contributed by atoms with E-state index in [1.165, 1.54) is 4.31 Å². The monoisotopic (exact) mass is 326 g/mol. The number of imidazole rings is 1. The third kappa shape index (κ3) is 2.57. The number of sulfonamides is 1. The molecule has 2 aromatic rings. The molecular weight excluding hydrogens is 312 g/mol. The second-order valence-electron chi connectivity index (χ2n) is 4.84. The standard InChI is InChI=1S/C13H15ClN4O2S/c14-11-2-1-10(8-15)7-12(11)21(19,20)18-6-5-17-4-3-16-13(17)9-18/h1-4,7H,5-6,8-9,15H2. The molecule has 0 saturated carbocycles. The molecule has 0 aliphatic carbocycles. The molecule has 0 amide bonds. The van der Waals surface area contributed by atoms with Crippen molar-refractivity contribution in [3.8, 4) is 0 Å². The van der Waals surface area contributed by atoms with Gasteiger partial charge in [-0.1, -0.05) is 17.7 Å². The molecule has 0 unspecified atom stereocenters. The molecule has 21 heavy (non-hydrogen) atoms. The van der Waals surface area contributed by atoms with E-state index >= 15 is 0 Å². The summed E-state index contributed by atoms with van der Waals surface area (Å²) >= 11 is 6.07. The Morgan fingerprint density at radius 3 is 2.90 bits per heavy atom. The van der Waals surface area contributed by atoms with Crippen molar-refractivity contribution >= 4 is 21.6 Å². The smallest absolute Gasteiger partial charge is 0.245 e. The molecule has 2 N–H and O–H groups in total. The van der Waals surface area contributed by atoms with Gasteiger partial charge in [-0.15, -0.1) is 0 Å². The molecule has 1 aliphatic rings. The van der Waals surface area contributed by atoms with E-state index < -0.39 is 10.0 Å². The van der Waals surface area contributed by atoms with Crippen molar-refractivity contribution in [1.29, 1.82) is 0 Å². The first-order chi connectivity index (χ1) is 10.0. The van der Waals surface area contributed by atoms with Crippen molar-refractivity contribution in [3.63, 3.8) is 0 Å². The molecule has 0 radical (unpaired) electrons. The van der Waals surface area contributed by atoms with E-state index in [4.69, 9.17) is 17.3 Å². The van der Waals surface area contributed by atoms with Crippen LogP contribution in [-0.2, 0) is 29.7 Å². The highest BCUT2D eigenvalue weighted by Gasteiger charge is 2.30. The molecule has 2 heterocycles. The van der Waals surface area contributed by atoms with Crippen molar-refractivity contribution in [3.05, 3.63) is 47.0 Å². The van der Waals surface area contributed by atoms with Gasteiger partial charge in [0.15, 0.2) is 0 Å². The molecule has 1 aromatic heterocycles. The highest BCUT2D eigenvalue weighted by atomic mass is 35.5. The Morgan fingerprint density at radius 2 is 2.14 bits per heavy atom. The van der Waals surface area contributed by atoms with Gasteiger partial charge in [0.25, 0.3) is 0 Å². The maximum absolute atomic E-state index is 12.8. The van der Waals surface area contributed by atoms with Crippen LogP contribution in [0.25, 0.3) is 0 Å². The summed E-state index contributed by atoms with van der Waals surface area (Å²) in [7, 11) is -3.65. The minimum Gasteiger partial charge on any atom is -0.333 e. The van der Waals surface area contributed by atoms with Gasteiger partial charge in [-0.2, -0.15) is 4.31 Å². The highest BCUT2D eigenvalue weighted by molar-refractivity contribution is 7.89. The van der Waals surface area contributed by atoms with E-state index in [-0.39, 0.29) is 23.0 Å². The van der Waals surface area contributed by atoms with E-state index in [1.807, 2.05) is 10.8 Å². The minimum atomic E-state index is -3.65. The average Bonchev–Trinajstić information content (AvgIpc) is 2.95. The number of hydrogen-bond donors (Lipinski definition) is 1. The van der Waals surface area contributed by atoms with Gasteiger partial charge < -0.3 is 10.3 Å². The molecule has 1 aliphatic heterocycles. The SMILES string of the molecule is NCc1ccc(Cl)c(S(=O)(=O)N2CCn3ccnc3C2)c1. The number of nitrogens with zero attached hydrogens (tertiary/aromatic N) is 3. The zero-order valence-electron chi connectivity index (χ0n) is 11.2. The fraction of sp³-hybridized carbons (Fsp3) is 0.308. The lowest BCUT2D eigenvalue weighted by atomic mass is 10.2. The predicted molar refractivity (Wildman–Crippen MR) is 79.2 cm³/mol. The number of halogens is 1. The van der Waals surface area contributed by atoms with Gasteiger partial charge in [0.2, 0.25) is 10.0 Å². The fourth-order valence-electron chi connectivity index (χ4n) is 2.37. The molecule has 0 spiro atoms. The second-order valence-corrected chi connectivity index (χ2v) is 7.16. The Hall–Kier alpha value is -1.41. The van der Waals surface area contributed by atoms with Crippen LogP contribution in [0.1, 0.15) is 11.4 Å². The van der Waals surface area contributed by atoms with Gasteiger partial charge in [0.1, 0.15) is 10.7 Å². The Labute approximate surface area is 128 Å². The quantitative estimate of drug-likeness (QED) is 0.919. The molecule has 0 atom stereocenters. The van der Waals surface area contributed by atoms with Crippen molar-refractivity contribution in [2.75, 3.05) is 6.54 Å². The Balaban J connectivity index is 1.98. The number of rotatable bonds is 3. The lowest BCUT2D eigenvalue weighted by Gasteiger charge is -2.27. The number of aromatic nitrogens is 2. The van der Waals surface area contributed by atoms with E-state index in [1.54, 1.807) is 24.4 Å². The summed E-state index contributed by atoms with van der Waals surface area (Å²) in [5.74, 6) is 0.732. The highest BCUT2D eigenvalue weighted by Crippen LogP contribution is 2.27. The average molecular weight is 327 g/mol. The molecule has 0 fully saturated rings. The molecule has 0 saturated heterocycles. The van der Waals surface area contributed by atoms with Gasteiger partial charge in [0, 0.05) is 32.0 Å². The summed E-state index contributed by atoms with van der Waals surface area (Å²) < 4.78 is 28.9. The van der Waals surface area contributed by atoms with Gasteiger partial charge in [0.05, 0.1) is 11.6 Å². The molecule has 6 nitrogen and oxygen atoms in total. The van der Waals surface area contributed by atoms with Crippen molar-refractivity contribution < 1.29 is 8.42 Å². The van der Waals surface area contributed by atoms with Crippen LogP contribution in [0.5, 0.6) is 0 Å². The Kier molecular flexibility index (Phi) is 3.75. The van der Waals surface area contributed by atoms with Crippen LogP contribution in [0, 0.1) is 0 Å².